The Morgan fingerprint density at radius 2 is 1.85 bits per heavy atom. The van der Waals surface area contributed by atoms with Crippen LogP contribution in [0, 0.1) is 0 Å². The average molecular weight is 395 g/mol. The highest BCUT2D eigenvalue weighted by atomic mass is 35.5. The number of nitrogens with zero attached hydrogens (tertiary/aromatic N) is 4. The number of fused-ring (bicyclic) bond motifs is 1. The van der Waals surface area contributed by atoms with Crippen LogP contribution in [0.2, 0.25) is 10.0 Å². The van der Waals surface area contributed by atoms with Crippen LogP contribution in [-0.2, 0) is 20.6 Å². The van der Waals surface area contributed by atoms with E-state index in [1.807, 2.05) is 0 Å². The van der Waals surface area contributed by atoms with E-state index < -0.39 is 11.2 Å². The Hall–Kier alpha value is -2.51. The van der Waals surface area contributed by atoms with Crippen molar-refractivity contribution in [3.63, 3.8) is 0 Å². The first-order valence-electron chi connectivity index (χ1n) is 7.69. The van der Waals surface area contributed by atoms with E-state index in [0.29, 0.717) is 15.6 Å². The van der Waals surface area contributed by atoms with E-state index in [9.17, 15) is 9.59 Å². The minimum absolute atomic E-state index is 0.162. The van der Waals surface area contributed by atoms with Crippen molar-refractivity contribution in [2.45, 2.75) is 6.54 Å². The van der Waals surface area contributed by atoms with Crippen molar-refractivity contribution in [1.29, 1.82) is 0 Å². The van der Waals surface area contributed by atoms with E-state index in [2.05, 4.69) is 11.6 Å². The van der Waals surface area contributed by atoms with E-state index in [4.69, 9.17) is 27.9 Å². The fraction of sp³-hybridized carbons (Fsp3) is 0.235. The zero-order valence-electron chi connectivity index (χ0n) is 14.2. The Kier molecular flexibility index (Phi) is 4.93. The maximum atomic E-state index is 12.7. The van der Waals surface area contributed by atoms with Gasteiger partial charge in [-0.3, -0.25) is 18.5 Å². The molecule has 0 aliphatic rings. The lowest BCUT2D eigenvalue weighted by Gasteiger charge is -2.12. The summed E-state index contributed by atoms with van der Waals surface area (Å²) in [6, 6.07) is 5.33. The van der Waals surface area contributed by atoms with Crippen LogP contribution in [0.25, 0.3) is 11.2 Å². The summed E-state index contributed by atoms with van der Waals surface area (Å²) >= 11 is 12.5. The van der Waals surface area contributed by atoms with Gasteiger partial charge in [0.15, 0.2) is 11.2 Å². The zero-order valence-corrected chi connectivity index (χ0v) is 15.7. The molecule has 0 aliphatic heterocycles. The molecule has 0 atom stereocenters. The molecule has 0 radical (unpaired) electrons. The molecule has 0 N–H and O–H groups in total. The maximum Gasteiger partial charge on any atom is 0.332 e. The van der Waals surface area contributed by atoms with Gasteiger partial charge >= 0.3 is 5.69 Å². The molecule has 0 fully saturated rings. The molecule has 3 aromatic rings. The van der Waals surface area contributed by atoms with Gasteiger partial charge in [0, 0.05) is 29.7 Å². The number of imidazole rings is 1. The molecule has 0 saturated heterocycles. The average Bonchev–Trinajstić information content (AvgIpc) is 2.98. The summed E-state index contributed by atoms with van der Waals surface area (Å²) in [6.45, 7) is 3.96. The van der Waals surface area contributed by atoms with Crippen LogP contribution >= 0.6 is 23.2 Å². The zero-order chi connectivity index (χ0) is 19.0. The van der Waals surface area contributed by atoms with Gasteiger partial charge in [-0.1, -0.05) is 41.9 Å². The molecule has 0 saturated carbocycles. The molecule has 136 valence electrons. The second kappa shape index (κ2) is 7.01. The van der Waals surface area contributed by atoms with Crippen molar-refractivity contribution in [2.24, 2.45) is 14.1 Å². The summed E-state index contributed by atoms with van der Waals surface area (Å²) < 4.78 is 9.47. The minimum Gasteiger partial charge on any atom is -0.460 e. The van der Waals surface area contributed by atoms with E-state index in [1.165, 1.54) is 11.6 Å². The number of benzene rings is 1. The summed E-state index contributed by atoms with van der Waals surface area (Å²) in [7, 11) is 2.95. The smallest absolute Gasteiger partial charge is 0.332 e. The first-order valence-corrected chi connectivity index (χ1v) is 8.45. The van der Waals surface area contributed by atoms with Crippen LogP contribution in [0.5, 0.6) is 6.01 Å². The van der Waals surface area contributed by atoms with Crippen LogP contribution in [-0.4, -0.2) is 25.3 Å². The van der Waals surface area contributed by atoms with Crippen LogP contribution < -0.4 is 16.0 Å². The Labute approximate surface area is 158 Å². The molecule has 0 aliphatic carbocycles. The first-order chi connectivity index (χ1) is 12.4. The standard InChI is InChI=1S/C17H16Cl2N4O3/c1-4-8-26-16-20-14-13(15(24)22(3)17(25)21(14)2)23(16)9-10-11(18)6-5-7-12(10)19/h4-7H,1,8-9H2,2-3H3. The van der Waals surface area contributed by atoms with E-state index in [-0.39, 0.29) is 30.3 Å². The Morgan fingerprint density at radius 3 is 2.46 bits per heavy atom. The van der Waals surface area contributed by atoms with Crippen LogP contribution in [0.1, 0.15) is 5.56 Å². The number of rotatable bonds is 5. The van der Waals surface area contributed by atoms with Crippen LogP contribution in [0.3, 0.4) is 0 Å². The number of halogens is 2. The second-order valence-corrected chi connectivity index (χ2v) is 6.47. The molecule has 0 spiro atoms. The van der Waals surface area contributed by atoms with Gasteiger partial charge in [-0.2, -0.15) is 4.98 Å². The fourth-order valence-corrected chi connectivity index (χ4v) is 3.18. The van der Waals surface area contributed by atoms with E-state index in [0.717, 1.165) is 4.57 Å². The van der Waals surface area contributed by atoms with Crippen molar-refractivity contribution < 1.29 is 4.74 Å². The number of hydrogen-bond acceptors (Lipinski definition) is 4. The number of ether oxygens (including phenoxy) is 1. The molecule has 1 aromatic carbocycles. The first kappa shape index (κ1) is 18.3. The highest BCUT2D eigenvalue weighted by Crippen LogP contribution is 2.28. The predicted octanol–water partition coefficient (Wildman–Crippen LogP) is 2.35. The Bertz CT molecular complexity index is 1110. The van der Waals surface area contributed by atoms with Gasteiger partial charge in [0.1, 0.15) is 6.61 Å². The SMILES string of the molecule is C=CCOc1nc2c(c(=O)n(C)c(=O)n2C)n1Cc1c(Cl)cccc1Cl. The van der Waals surface area contributed by atoms with Crippen molar-refractivity contribution in [3.8, 4) is 6.01 Å². The molecule has 2 heterocycles. The molecule has 0 amide bonds. The molecule has 2 aromatic heterocycles. The van der Waals surface area contributed by atoms with E-state index in [1.54, 1.807) is 35.9 Å². The molecular formula is C17H16Cl2N4O3. The van der Waals surface area contributed by atoms with Crippen LogP contribution in [0.4, 0.5) is 0 Å². The highest BCUT2D eigenvalue weighted by molar-refractivity contribution is 6.36. The third-order valence-corrected chi connectivity index (χ3v) is 4.73. The minimum atomic E-state index is -0.479. The lowest BCUT2D eigenvalue weighted by molar-refractivity contribution is 0.320. The summed E-state index contributed by atoms with van der Waals surface area (Å²) in [4.78, 5) is 29.2. The number of hydrogen-bond donors (Lipinski definition) is 0. The molecule has 3 rings (SSSR count). The van der Waals surface area contributed by atoms with Crippen molar-refractivity contribution in [2.75, 3.05) is 6.61 Å². The molecule has 0 unspecified atom stereocenters. The van der Waals surface area contributed by atoms with Gasteiger partial charge in [-0.05, 0) is 12.1 Å². The van der Waals surface area contributed by atoms with E-state index >= 15 is 0 Å². The predicted molar refractivity (Wildman–Crippen MR) is 101 cm³/mol. The third kappa shape index (κ3) is 2.93. The second-order valence-electron chi connectivity index (χ2n) is 5.66. The van der Waals surface area contributed by atoms with Gasteiger partial charge in [-0.25, -0.2) is 4.79 Å². The highest BCUT2D eigenvalue weighted by Gasteiger charge is 2.21. The van der Waals surface area contributed by atoms with Crippen molar-refractivity contribution in [3.05, 3.63) is 67.3 Å². The molecule has 7 nitrogen and oxygen atoms in total. The molecule has 0 bridgehead atoms. The largest absolute Gasteiger partial charge is 0.460 e. The maximum absolute atomic E-state index is 12.7. The van der Waals surface area contributed by atoms with Gasteiger partial charge in [0.2, 0.25) is 0 Å². The topological polar surface area (TPSA) is 71.1 Å². The quantitative estimate of drug-likeness (QED) is 0.622. The van der Waals surface area contributed by atoms with Crippen LogP contribution in [0.15, 0.2) is 40.4 Å². The normalized spacial score (nSPS) is 11.1. The Morgan fingerprint density at radius 1 is 1.19 bits per heavy atom. The monoisotopic (exact) mass is 394 g/mol. The van der Waals surface area contributed by atoms with Gasteiger partial charge in [-0.15, -0.1) is 0 Å². The summed E-state index contributed by atoms with van der Waals surface area (Å²) in [5.74, 6) is 0. The Balaban J connectivity index is 2.33. The summed E-state index contributed by atoms with van der Waals surface area (Å²) in [6.07, 6.45) is 1.56. The van der Waals surface area contributed by atoms with Gasteiger partial charge in [0.25, 0.3) is 11.6 Å². The van der Waals surface area contributed by atoms with Gasteiger partial charge in [0.05, 0.1) is 6.54 Å². The molecular weight excluding hydrogens is 379 g/mol. The lowest BCUT2D eigenvalue weighted by Crippen LogP contribution is -2.37. The fourth-order valence-electron chi connectivity index (χ4n) is 2.66. The molecule has 26 heavy (non-hydrogen) atoms. The lowest BCUT2D eigenvalue weighted by atomic mass is 10.2. The third-order valence-electron chi connectivity index (χ3n) is 4.02. The van der Waals surface area contributed by atoms with Crippen molar-refractivity contribution in [1.82, 2.24) is 18.7 Å². The van der Waals surface area contributed by atoms with Crippen molar-refractivity contribution >= 4 is 34.4 Å². The summed E-state index contributed by atoms with van der Waals surface area (Å²) in [5.41, 5.74) is 0.116. The number of aromatic nitrogens is 4. The summed E-state index contributed by atoms with van der Waals surface area (Å²) in [5, 5.41) is 0.909. The van der Waals surface area contributed by atoms with Gasteiger partial charge < -0.3 is 4.74 Å². The number of aryl methyl sites for hydroxylation is 1. The molecule has 9 heteroatoms.